The van der Waals surface area contributed by atoms with Gasteiger partial charge in [0.05, 0.1) is 18.3 Å². The monoisotopic (exact) mass is 271 g/mol. The highest BCUT2D eigenvalue weighted by Gasteiger charge is 1.98. The van der Waals surface area contributed by atoms with Crippen LogP contribution < -0.4 is 4.74 Å². The van der Waals surface area contributed by atoms with Gasteiger partial charge in [0.1, 0.15) is 5.75 Å². The molecule has 2 aromatic rings. The second kappa shape index (κ2) is 8.57. The van der Waals surface area contributed by atoms with Crippen molar-refractivity contribution in [3.05, 3.63) is 36.5 Å². The first kappa shape index (κ1) is 14.8. The maximum atomic E-state index is 5.78. The van der Waals surface area contributed by atoms with Gasteiger partial charge in [-0.1, -0.05) is 63.6 Å². The molecular formula is C18H25NO. The Morgan fingerprint density at radius 1 is 0.950 bits per heavy atom. The number of nitrogens with zero attached hydrogens (tertiary/aromatic N) is 1. The van der Waals surface area contributed by atoms with E-state index in [4.69, 9.17) is 4.74 Å². The Balaban J connectivity index is 1.65. The van der Waals surface area contributed by atoms with Gasteiger partial charge in [0.25, 0.3) is 0 Å². The summed E-state index contributed by atoms with van der Waals surface area (Å²) in [4.78, 5) is 4.40. The Morgan fingerprint density at radius 3 is 2.55 bits per heavy atom. The lowest BCUT2D eigenvalue weighted by molar-refractivity contribution is 0.303. The molecule has 0 fully saturated rings. The van der Waals surface area contributed by atoms with Gasteiger partial charge in [-0.05, 0) is 18.6 Å². The van der Waals surface area contributed by atoms with E-state index in [2.05, 4.69) is 24.0 Å². The first-order valence-corrected chi connectivity index (χ1v) is 7.88. The molecule has 2 heteroatoms. The van der Waals surface area contributed by atoms with Gasteiger partial charge in [0.2, 0.25) is 0 Å². The van der Waals surface area contributed by atoms with E-state index in [9.17, 15) is 0 Å². The van der Waals surface area contributed by atoms with E-state index in [1.807, 2.05) is 24.4 Å². The number of hydrogen-bond donors (Lipinski definition) is 0. The molecule has 0 aliphatic heterocycles. The highest BCUT2D eigenvalue weighted by molar-refractivity contribution is 5.79. The molecule has 0 unspecified atom stereocenters. The topological polar surface area (TPSA) is 22.1 Å². The summed E-state index contributed by atoms with van der Waals surface area (Å²) in [6.07, 6.45) is 11.0. The first-order chi connectivity index (χ1) is 9.90. The number of ether oxygens (including phenoxy) is 1. The van der Waals surface area contributed by atoms with Crippen LogP contribution in [0.4, 0.5) is 0 Å². The first-order valence-electron chi connectivity index (χ1n) is 7.88. The summed E-state index contributed by atoms with van der Waals surface area (Å²) in [6, 6.07) is 10.2. The van der Waals surface area contributed by atoms with Crippen molar-refractivity contribution in [1.82, 2.24) is 4.98 Å². The van der Waals surface area contributed by atoms with E-state index >= 15 is 0 Å². The summed E-state index contributed by atoms with van der Waals surface area (Å²) in [5.41, 5.74) is 1.02. The molecule has 0 atom stereocenters. The number of pyridine rings is 1. The van der Waals surface area contributed by atoms with Crippen molar-refractivity contribution in [1.29, 1.82) is 0 Å². The van der Waals surface area contributed by atoms with Crippen LogP contribution in [0, 0.1) is 0 Å². The van der Waals surface area contributed by atoms with E-state index in [0.29, 0.717) is 0 Å². The molecule has 0 N–H and O–H groups in total. The summed E-state index contributed by atoms with van der Waals surface area (Å²) in [7, 11) is 0. The fourth-order valence-electron chi connectivity index (χ4n) is 2.38. The van der Waals surface area contributed by atoms with E-state index < -0.39 is 0 Å². The highest BCUT2D eigenvalue weighted by Crippen LogP contribution is 2.18. The van der Waals surface area contributed by atoms with Crippen molar-refractivity contribution >= 4 is 10.9 Å². The number of benzene rings is 1. The summed E-state index contributed by atoms with van der Waals surface area (Å²) >= 11 is 0. The smallest absolute Gasteiger partial charge is 0.138 e. The zero-order valence-corrected chi connectivity index (χ0v) is 12.5. The third kappa shape index (κ3) is 4.84. The largest absolute Gasteiger partial charge is 0.492 e. The maximum absolute atomic E-state index is 5.78. The molecular weight excluding hydrogens is 246 g/mol. The van der Waals surface area contributed by atoms with Crippen molar-refractivity contribution in [2.45, 2.75) is 51.9 Å². The standard InChI is InChI=1S/C18H25NO/c1-2-3-4-5-6-7-10-13-20-17-14-16-11-8-9-12-18(16)19-15-17/h8-9,11-12,14-15H,2-7,10,13H2,1H3. The lowest BCUT2D eigenvalue weighted by Crippen LogP contribution is -1.97. The Morgan fingerprint density at radius 2 is 1.70 bits per heavy atom. The van der Waals surface area contributed by atoms with E-state index in [0.717, 1.165) is 29.7 Å². The van der Waals surface area contributed by atoms with Crippen molar-refractivity contribution < 1.29 is 4.74 Å². The second-order valence-electron chi connectivity index (χ2n) is 5.33. The van der Waals surface area contributed by atoms with Crippen LogP contribution in [0.25, 0.3) is 10.9 Å². The van der Waals surface area contributed by atoms with Crippen LogP contribution in [0.1, 0.15) is 51.9 Å². The molecule has 0 saturated heterocycles. The van der Waals surface area contributed by atoms with Crippen LogP contribution in [0.2, 0.25) is 0 Å². The number of fused-ring (bicyclic) bond motifs is 1. The van der Waals surface area contributed by atoms with Crippen molar-refractivity contribution in [3.63, 3.8) is 0 Å². The number of hydrogen-bond acceptors (Lipinski definition) is 2. The van der Waals surface area contributed by atoms with E-state index in [1.54, 1.807) is 0 Å². The summed E-state index contributed by atoms with van der Waals surface area (Å²) in [5, 5.41) is 1.14. The van der Waals surface area contributed by atoms with Crippen LogP contribution in [-0.2, 0) is 0 Å². The Bertz CT molecular complexity index is 509. The van der Waals surface area contributed by atoms with Gasteiger partial charge >= 0.3 is 0 Å². The molecule has 0 aliphatic carbocycles. The number of para-hydroxylation sites is 1. The zero-order chi connectivity index (χ0) is 14.0. The molecule has 0 bridgehead atoms. The predicted octanol–water partition coefficient (Wildman–Crippen LogP) is 5.36. The van der Waals surface area contributed by atoms with Gasteiger partial charge in [-0.15, -0.1) is 0 Å². The van der Waals surface area contributed by atoms with Crippen LogP contribution in [0.5, 0.6) is 5.75 Å². The zero-order valence-electron chi connectivity index (χ0n) is 12.5. The molecule has 1 aromatic carbocycles. The lowest BCUT2D eigenvalue weighted by Gasteiger charge is -2.06. The number of unbranched alkanes of at least 4 members (excludes halogenated alkanes) is 6. The third-order valence-corrected chi connectivity index (χ3v) is 3.58. The SMILES string of the molecule is CCCCCCCCCOc1cnc2ccccc2c1. The predicted molar refractivity (Wildman–Crippen MR) is 85.2 cm³/mol. The average Bonchev–Trinajstić information content (AvgIpc) is 2.50. The number of aromatic nitrogens is 1. The number of rotatable bonds is 9. The molecule has 0 spiro atoms. The molecule has 20 heavy (non-hydrogen) atoms. The van der Waals surface area contributed by atoms with Crippen LogP contribution in [0.15, 0.2) is 36.5 Å². The summed E-state index contributed by atoms with van der Waals surface area (Å²) in [6.45, 7) is 3.05. The molecule has 1 aromatic heterocycles. The van der Waals surface area contributed by atoms with Gasteiger partial charge in [-0.2, -0.15) is 0 Å². The fraction of sp³-hybridized carbons (Fsp3) is 0.500. The molecule has 0 aliphatic rings. The normalized spacial score (nSPS) is 10.8. The summed E-state index contributed by atoms with van der Waals surface area (Å²) < 4.78 is 5.78. The minimum absolute atomic E-state index is 0.799. The fourth-order valence-corrected chi connectivity index (χ4v) is 2.38. The molecule has 0 radical (unpaired) electrons. The van der Waals surface area contributed by atoms with Crippen molar-refractivity contribution in [2.75, 3.05) is 6.61 Å². The van der Waals surface area contributed by atoms with Crippen molar-refractivity contribution in [3.8, 4) is 5.75 Å². The quantitative estimate of drug-likeness (QED) is 0.572. The van der Waals surface area contributed by atoms with Crippen LogP contribution in [0.3, 0.4) is 0 Å². The van der Waals surface area contributed by atoms with Crippen LogP contribution in [-0.4, -0.2) is 11.6 Å². The summed E-state index contributed by atoms with van der Waals surface area (Å²) in [5.74, 6) is 0.884. The molecule has 1 heterocycles. The van der Waals surface area contributed by atoms with Gasteiger partial charge in [-0.25, -0.2) is 0 Å². The Hall–Kier alpha value is -1.57. The second-order valence-corrected chi connectivity index (χ2v) is 5.33. The van der Waals surface area contributed by atoms with Gasteiger partial charge < -0.3 is 4.74 Å². The van der Waals surface area contributed by atoms with Gasteiger partial charge in [0, 0.05) is 5.39 Å². The Labute approximate surface area is 122 Å². The third-order valence-electron chi connectivity index (χ3n) is 3.58. The van der Waals surface area contributed by atoms with Crippen molar-refractivity contribution in [2.24, 2.45) is 0 Å². The molecule has 108 valence electrons. The van der Waals surface area contributed by atoms with Gasteiger partial charge in [0.15, 0.2) is 0 Å². The molecule has 2 rings (SSSR count). The average molecular weight is 271 g/mol. The molecule has 0 saturated carbocycles. The minimum atomic E-state index is 0.799. The van der Waals surface area contributed by atoms with Crippen LogP contribution >= 0.6 is 0 Å². The highest BCUT2D eigenvalue weighted by atomic mass is 16.5. The molecule has 2 nitrogen and oxygen atoms in total. The molecule has 0 amide bonds. The van der Waals surface area contributed by atoms with E-state index in [1.165, 1.54) is 38.5 Å². The maximum Gasteiger partial charge on any atom is 0.138 e. The van der Waals surface area contributed by atoms with Gasteiger partial charge in [-0.3, -0.25) is 4.98 Å². The minimum Gasteiger partial charge on any atom is -0.492 e. The Kier molecular flexibility index (Phi) is 6.36. The lowest BCUT2D eigenvalue weighted by atomic mass is 10.1. The van der Waals surface area contributed by atoms with E-state index in [-0.39, 0.29) is 0 Å².